The summed E-state index contributed by atoms with van der Waals surface area (Å²) in [5, 5.41) is 4.41. The zero-order valence-electron chi connectivity index (χ0n) is 13.4. The van der Waals surface area contributed by atoms with Crippen molar-refractivity contribution in [1.29, 1.82) is 0 Å². The van der Waals surface area contributed by atoms with E-state index in [0.717, 1.165) is 35.7 Å². The molecule has 0 bridgehead atoms. The van der Waals surface area contributed by atoms with Gasteiger partial charge in [0.2, 0.25) is 5.95 Å². The van der Waals surface area contributed by atoms with Crippen molar-refractivity contribution in [3.63, 3.8) is 0 Å². The van der Waals surface area contributed by atoms with Gasteiger partial charge < -0.3 is 9.80 Å². The first-order valence-corrected chi connectivity index (χ1v) is 7.27. The van der Waals surface area contributed by atoms with E-state index in [2.05, 4.69) is 20.0 Å². The van der Waals surface area contributed by atoms with Crippen LogP contribution in [0.1, 0.15) is 27.3 Å². The molecule has 3 heterocycles. The molecule has 1 aliphatic heterocycles. The van der Waals surface area contributed by atoms with Gasteiger partial charge in [-0.3, -0.25) is 9.48 Å². The molecule has 0 saturated heterocycles. The molecular formula is C15H20N6O. The average Bonchev–Trinajstić information content (AvgIpc) is 2.84. The van der Waals surface area contributed by atoms with E-state index in [1.165, 1.54) is 0 Å². The fourth-order valence-electron chi connectivity index (χ4n) is 2.67. The zero-order valence-corrected chi connectivity index (χ0v) is 13.4. The quantitative estimate of drug-likeness (QED) is 0.820. The van der Waals surface area contributed by atoms with Crippen molar-refractivity contribution in [3.05, 3.63) is 34.9 Å². The molecule has 0 spiro atoms. The molecule has 116 valence electrons. The van der Waals surface area contributed by atoms with Gasteiger partial charge in [-0.1, -0.05) is 0 Å². The molecular weight excluding hydrogens is 280 g/mol. The molecule has 3 rings (SSSR count). The van der Waals surface area contributed by atoms with Gasteiger partial charge in [0.1, 0.15) is 0 Å². The minimum Gasteiger partial charge on any atom is -0.343 e. The topological polar surface area (TPSA) is 67.2 Å². The second kappa shape index (κ2) is 5.40. The van der Waals surface area contributed by atoms with E-state index >= 15 is 0 Å². The molecule has 0 fully saturated rings. The summed E-state index contributed by atoms with van der Waals surface area (Å²) in [4.78, 5) is 24.7. The van der Waals surface area contributed by atoms with Crippen molar-refractivity contribution >= 4 is 11.9 Å². The highest BCUT2D eigenvalue weighted by Gasteiger charge is 2.28. The van der Waals surface area contributed by atoms with Crippen molar-refractivity contribution in [1.82, 2.24) is 24.6 Å². The largest absolute Gasteiger partial charge is 0.343 e. The summed E-state index contributed by atoms with van der Waals surface area (Å²) in [6.07, 6.45) is 4.42. The van der Waals surface area contributed by atoms with Crippen LogP contribution in [-0.4, -0.2) is 51.2 Å². The molecule has 0 aliphatic carbocycles. The maximum absolute atomic E-state index is 12.2. The lowest BCUT2D eigenvalue weighted by molar-refractivity contribution is 0.0820. The average molecular weight is 300 g/mol. The fraction of sp³-hybridized carbons (Fsp3) is 0.467. The number of hydrogen-bond donors (Lipinski definition) is 0. The van der Waals surface area contributed by atoms with Crippen LogP contribution in [0.15, 0.2) is 12.4 Å². The fourth-order valence-corrected chi connectivity index (χ4v) is 2.67. The van der Waals surface area contributed by atoms with Gasteiger partial charge in [-0.25, -0.2) is 9.97 Å². The Labute approximate surface area is 129 Å². The Hall–Kier alpha value is -2.44. The maximum Gasteiger partial charge on any atom is 0.274 e. The van der Waals surface area contributed by atoms with Crippen molar-refractivity contribution in [2.24, 2.45) is 7.05 Å². The van der Waals surface area contributed by atoms with E-state index in [9.17, 15) is 4.79 Å². The first-order chi connectivity index (χ1) is 10.5. The van der Waals surface area contributed by atoms with Gasteiger partial charge in [-0.05, 0) is 18.9 Å². The summed E-state index contributed by atoms with van der Waals surface area (Å²) >= 11 is 0. The lowest BCUT2D eigenvalue weighted by atomic mass is 10.0. The van der Waals surface area contributed by atoms with Gasteiger partial charge >= 0.3 is 0 Å². The third kappa shape index (κ3) is 2.43. The Kier molecular flexibility index (Phi) is 3.56. The summed E-state index contributed by atoms with van der Waals surface area (Å²) < 4.78 is 1.80. The minimum atomic E-state index is -0.0446. The highest BCUT2D eigenvalue weighted by atomic mass is 16.2. The molecule has 7 heteroatoms. The summed E-state index contributed by atoms with van der Waals surface area (Å²) in [6.45, 7) is 3.43. The molecule has 2 aromatic rings. The molecule has 2 aromatic heterocycles. The smallest absolute Gasteiger partial charge is 0.274 e. The maximum atomic E-state index is 12.2. The monoisotopic (exact) mass is 300 g/mol. The SMILES string of the molecule is Cc1cnc(N2CCc3c(C(=O)N(C)C)nn(C)c3C2)nc1. The Morgan fingerprint density at radius 1 is 1.27 bits per heavy atom. The van der Waals surface area contributed by atoms with Gasteiger partial charge in [0.15, 0.2) is 5.69 Å². The lowest BCUT2D eigenvalue weighted by Crippen LogP contribution is -2.33. The number of amides is 1. The van der Waals surface area contributed by atoms with Crippen molar-refractivity contribution in [3.8, 4) is 0 Å². The van der Waals surface area contributed by atoms with Crippen LogP contribution in [0.3, 0.4) is 0 Å². The van der Waals surface area contributed by atoms with Crippen LogP contribution in [0, 0.1) is 6.92 Å². The van der Waals surface area contributed by atoms with Crippen LogP contribution < -0.4 is 4.90 Å². The number of aromatic nitrogens is 4. The van der Waals surface area contributed by atoms with Crippen LogP contribution in [0.5, 0.6) is 0 Å². The summed E-state index contributed by atoms with van der Waals surface area (Å²) in [6, 6.07) is 0. The van der Waals surface area contributed by atoms with E-state index in [4.69, 9.17) is 0 Å². The van der Waals surface area contributed by atoms with Crippen LogP contribution >= 0.6 is 0 Å². The highest BCUT2D eigenvalue weighted by molar-refractivity contribution is 5.93. The number of carbonyl (C=O) groups is 1. The molecule has 1 amide bonds. The predicted molar refractivity (Wildman–Crippen MR) is 82.7 cm³/mol. The molecule has 0 aromatic carbocycles. The van der Waals surface area contributed by atoms with Gasteiger partial charge in [0.25, 0.3) is 5.91 Å². The summed E-state index contributed by atoms with van der Waals surface area (Å²) in [5.74, 6) is 0.676. The second-order valence-corrected chi connectivity index (χ2v) is 5.83. The second-order valence-electron chi connectivity index (χ2n) is 5.83. The lowest BCUT2D eigenvalue weighted by Gasteiger charge is -2.27. The van der Waals surface area contributed by atoms with Crippen LogP contribution in [0.2, 0.25) is 0 Å². The number of anilines is 1. The van der Waals surface area contributed by atoms with Gasteiger partial charge in [-0.2, -0.15) is 5.10 Å². The van der Waals surface area contributed by atoms with Crippen molar-refractivity contribution in [2.75, 3.05) is 25.5 Å². The Morgan fingerprint density at radius 2 is 1.95 bits per heavy atom. The number of nitrogens with zero attached hydrogens (tertiary/aromatic N) is 6. The summed E-state index contributed by atoms with van der Waals surface area (Å²) in [7, 11) is 5.38. The predicted octanol–water partition coefficient (Wildman–Crippen LogP) is 0.783. The standard InChI is InChI=1S/C15H20N6O/c1-10-7-16-15(17-8-10)21-6-5-11-12(9-21)20(4)18-13(11)14(22)19(2)3/h7-8H,5-6,9H2,1-4H3. The van der Waals surface area contributed by atoms with E-state index in [-0.39, 0.29) is 5.91 Å². The first-order valence-electron chi connectivity index (χ1n) is 7.27. The van der Waals surface area contributed by atoms with E-state index < -0.39 is 0 Å². The normalized spacial score (nSPS) is 13.9. The number of fused-ring (bicyclic) bond motifs is 1. The van der Waals surface area contributed by atoms with Crippen LogP contribution in [0.25, 0.3) is 0 Å². The molecule has 1 aliphatic rings. The molecule has 0 radical (unpaired) electrons. The van der Waals surface area contributed by atoms with Gasteiger partial charge in [0, 0.05) is 45.6 Å². The van der Waals surface area contributed by atoms with E-state index in [1.54, 1.807) is 23.7 Å². The molecule has 22 heavy (non-hydrogen) atoms. The highest BCUT2D eigenvalue weighted by Crippen LogP contribution is 2.24. The van der Waals surface area contributed by atoms with Gasteiger partial charge in [0.05, 0.1) is 12.2 Å². The molecule has 0 unspecified atom stereocenters. The third-order valence-electron chi connectivity index (χ3n) is 3.91. The molecule has 0 atom stereocenters. The van der Waals surface area contributed by atoms with Gasteiger partial charge in [-0.15, -0.1) is 0 Å². The molecule has 0 saturated carbocycles. The third-order valence-corrected chi connectivity index (χ3v) is 3.91. The minimum absolute atomic E-state index is 0.0446. The Balaban J connectivity index is 1.91. The number of rotatable bonds is 2. The van der Waals surface area contributed by atoms with Crippen molar-refractivity contribution < 1.29 is 4.79 Å². The van der Waals surface area contributed by atoms with E-state index in [0.29, 0.717) is 12.2 Å². The van der Waals surface area contributed by atoms with E-state index in [1.807, 2.05) is 26.4 Å². The van der Waals surface area contributed by atoms with Crippen LogP contribution in [0.4, 0.5) is 5.95 Å². The Morgan fingerprint density at radius 3 is 2.59 bits per heavy atom. The molecule has 7 nitrogen and oxygen atoms in total. The Bertz CT molecular complexity index is 704. The number of hydrogen-bond acceptors (Lipinski definition) is 5. The molecule has 0 N–H and O–H groups in total. The zero-order chi connectivity index (χ0) is 15.9. The van der Waals surface area contributed by atoms with Crippen LogP contribution in [-0.2, 0) is 20.0 Å². The first kappa shape index (κ1) is 14.5. The number of carbonyl (C=O) groups excluding carboxylic acids is 1. The number of aryl methyl sites for hydroxylation is 2. The summed E-state index contributed by atoms with van der Waals surface area (Å²) in [5.41, 5.74) is 3.71. The van der Waals surface area contributed by atoms with Crippen molar-refractivity contribution in [2.45, 2.75) is 19.9 Å².